The summed E-state index contributed by atoms with van der Waals surface area (Å²) in [5, 5.41) is 12.3. The number of fused-ring (bicyclic) bond motifs is 7. The first kappa shape index (κ1) is 30.1. The second-order valence-corrected chi connectivity index (χ2v) is 17.1. The van der Waals surface area contributed by atoms with E-state index in [2.05, 4.69) is 61.5 Å². The van der Waals surface area contributed by atoms with Crippen LogP contribution >= 0.6 is 0 Å². The summed E-state index contributed by atoms with van der Waals surface area (Å²) in [7, 11) is 0. The van der Waals surface area contributed by atoms with E-state index in [0.717, 1.165) is 64.2 Å². The van der Waals surface area contributed by atoms with Gasteiger partial charge in [-0.2, -0.15) is 0 Å². The van der Waals surface area contributed by atoms with Gasteiger partial charge >= 0.3 is 5.97 Å². The van der Waals surface area contributed by atoms with Gasteiger partial charge in [0.15, 0.2) is 5.79 Å². The van der Waals surface area contributed by atoms with Crippen LogP contribution in [0.25, 0.3) is 0 Å². The highest BCUT2D eigenvalue weighted by Gasteiger charge is 2.72. The summed E-state index contributed by atoms with van der Waals surface area (Å²) in [6.07, 6.45) is 12.2. The molecule has 5 nitrogen and oxygen atoms in total. The Labute approximate surface area is 249 Å². The molecule has 9 atom stereocenters. The van der Waals surface area contributed by atoms with Crippen LogP contribution in [0.2, 0.25) is 0 Å². The Morgan fingerprint density at radius 1 is 0.976 bits per heavy atom. The minimum atomic E-state index is -0.484. The Bertz CT molecular complexity index is 1070. The lowest BCUT2D eigenvalue weighted by molar-refractivity contribution is -0.312. The van der Waals surface area contributed by atoms with Crippen molar-refractivity contribution in [1.29, 1.82) is 0 Å². The van der Waals surface area contributed by atoms with E-state index in [1.807, 2.05) is 0 Å². The number of carbonyl (C=O) groups excluding carboxylic acids is 1. The van der Waals surface area contributed by atoms with E-state index >= 15 is 0 Å². The third-order valence-corrected chi connectivity index (χ3v) is 14.3. The molecule has 0 aromatic rings. The number of aliphatic hydroxyl groups excluding tert-OH is 1. The zero-order valence-electron chi connectivity index (χ0n) is 27.3. The van der Waals surface area contributed by atoms with Crippen molar-refractivity contribution in [3.8, 4) is 0 Å². The fourth-order valence-electron chi connectivity index (χ4n) is 12.3. The summed E-state index contributed by atoms with van der Waals surface area (Å²) in [6, 6.07) is 0. The van der Waals surface area contributed by atoms with Gasteiger partial charge in [-0.3, -0.25) is 4.79 Å². The Hall–Kier alpha value is -0.910. The molecule has 6 aliphatic rings. The second-order valence-electron chi connectivity index (χ2n) is 17.1. The largest absolute Gasteiger partial charge is 0.465 e. The lowest BCUT2D eigenvalue weighted by Gasteiger charge is -2.72. The zero-order chi connectivity index (χ0) is 29.6. The molecule has 41 heavy (non-hydrogen) atoms. The minimum Gasteiger partial charge on any atom is -0.465 e. The van der Waals surface area contributed by atoms with Crippen molar-refractivity contribution in [3.63, 3.8) is 0 Å². The van der Waals surface area contributed by atoms with Gasteiger partial charge in [0.1, 0.15) is 0 Å². The normalized spacial score (nSPS) is 47.4. The van der Waals surface area contributed by atoms with Gasteiger partial charge in [-0.05, 0) is 90.8 Å². The molecule has 0 bridgehead atoms. The molecule has 1 N–H and O–H groups in total. The summed E-state index contributed by atoms with van der Waals surface area (Å²) < 4.78 is 18.6. The number of esters is 1. The molecule has 0 radical (unpaired) electrons. The maximum Gasteiger partial charge on any atom is 0.309 e. The SMILES string of the molecule is CCCCOC(=O)[C@@H]1CC(C)(C)CC2C3=C[C@H](O)C4[C@@]5(C)CCC6(OCCO6)C(C)(C)C5CC[C@@]4(C)[C@]3(C)CCC21. The quantitative estimate of drug-likeness (QED) is 0.213. The highest BCUT2D eigenvalue weighted by atomic mass is 16.7. The molecule has 0 amide bonds. The number of aliphatic hydroxyl groups is 1. The van der Waals surface area contributed by atoms with Crippen molar-refractivity contribution >= 4 is 5.97 Å². The standard InChI is InChI=1S/C36H58O5/c1-9-10-17-39-30(38)25-22-31(2,3)21-24-23(25)11-13-34(7)26(24)20-27(37)29-33(6)15-16-36(40-18-19-41-36)32(4,5)28(33)12-14-35(29,34)8/h20,23-25,27-29,37H,9-19,21-22H2,1-8H3/t23?,24?,25-,27+,28?,29?,33+,34-,35-/m1/s1. The van der Waals surface area contributed by atoms with E-state index in [4.69, 9.17) is 14.2 Å². The zero-order valence-corrected chi connectivity index (χ0v) is 27.3. The van der Waals surface area contributed by atoms with Crippen LogP contribution in [0.15, 0.2) is 11.6 Å². The summed E-state index contributed by atoms with van der Waals surface area (Å²) in [5.74, 6) is 0.787. The predicted molar refractivity (Wildman–Crippen MR) is 161 cm³/mol. The Kier molecular flexibility index (Phi) is 7.20. The van der Waals surface area contributed by atoms with Crippen LogP contribution in [-0.2, 0) is 19.0 Å². The summed E-state index contributed by atoms with van der Waals surface area (Å²) in [6.45, 7) is 21.0. The molecule has 1 saturated heterocycles. The van der Waals surface area contributed by atoms with Crippen LogP contribution in [0, 0.1) is 56.7 Å². The van der Waals surface area contributed by atoms with E-state index < -0.39 is 11.9 Å². The van der Waals surface area contributed by atoms with Crippen LogP contribution in [0.3, 0.4) is 0 Å². The van der Waals surface area contributed by atoms with Gasteiger partial charge in [0.25, 0.3) is 0 Å². The third kappa shape index (κ3) is 4.13. The molecule has 1 spiro atoms. The smallest absolute Gasteiger partial charge is 0.309 e. The van der Waals surface area contributed by atoms with Crippen molar-refractivity contribution < 1.29 is 24.1 Å². The second kappa shape index (κ2) is 9.80. The maximum absolute atomic E-state index is 13.5. The molecule has 0 aromatic heterocycles. The molecule has 0 aromatic carbocycles. The number of hydrogen-bond acceptors (Lipinski definition) is 5. The van der Waals surface area contributed by atoms with Gasteiger partial charge < -0.3 is 19.3 Å². The summed E-state index contributed by atoms with van der Waals surface area (Å²) in [5.41, 5.74) is 1.47. The Balaban J connectivity index is 1.36. The van der Waals surface area contributed by atoms with Crippen LogP contribution in [0.4, 0.5) is 0 Å². The molecule has 1 heterocycles. The van der Waals surface area contributed by atoms with Crippen LogP contribution in [0.5, 0.6) is 0 Å². The first-order chi connectivity index (χ1) is 19.2. The molecule has 4 saturated carbocycles. The number of hydrogen-bond donors (Lipinski definition) is 1. The minimum absolute atomic E-state index is 0.00339. The van der Waals surface area contributed by atoms with Crippen molar-refractivity contribution in [2.24, 2.45) is 56.7 Å². The van der Waals surface area contributed by atoms with Gasteiger partial charge in [0.05, 0.1) is 31.8 Å². The molecule has 1 aliphatic heterocycles. The van der Waals surface area contributed by atoms with E-state index in [0.29, 0.717) is 37.6 Å². The van der Waals surface area contributed by atoms with Gasteiger partial charge in [-0.15, -0.1) is 0 Å². The lowest BCUT2D eigenvalue weighted by Crippen LogP contribution is -2.69. The summed E-state index contributed by atoms with van der Waals surface area (Å²) in [4.78, 5) is 13.5. The molecular weight excluding hydrogens is 512 g/mol. The molecule has 5 fully saturated rings. The number of rotatable bonds is 4. The Morgan fingerprint density at radius 3 is 2.37 bits per heavy atom. The topological polar surface area (TPSA) is 65.0 Å². The van der Waals surface area contributed by atoms with E-state index in [1.165, 1.54) is 5.57 Å². The average molecular weight is 571 g/mol. The van der Waals surface area contributed by atoms with Crippen molar-refractivity contribution in [2.75, 3.05) is 19.8 Å². The fourth-order valence-corrected chi connectivity index (χ4v) is 12.3. The lowest BCUT2D eigenvalue weighted by atomic mass is 9.33. The molecular formula is C36H58O5. The number of unbranched alkanes of at least 4 members (excludes halogenated alkanes) is 1. The third-order valence-electron chi connectivity index (χ3n) is 14.3. The van der Waals surface area contributed by atoms with E-state index in [9.17, 15) is 9.90 Å². The van der Waals surface area contributed by atoms with Gasteiger partial charge in [0, 0.05) is 17.8 Å². The monoisotopic (exact) mass is 570 g/mol. The summed E-state index contributed by atoms with van der Waals surface area (Å²) >= 11 is 0. The first-order valence-electron chi connectivity index (χ1n) is 17.0. The molecule has 5 heteroatoms. The number of carbonyl (C=O) groups is 1. The molecule has 5 aliphatic carbocycles. The van der Waals surface area contributed by atoms with Crippen LogP contribution in [-0.4, -0.2) is 42.8 Å². The first-order valence-corrected chi connectivity index (χ1v) is 17.0. The van der Waals surface area contributed by atoms with Crippen LogP contribution < -0.4 is 0 Å². The molecule has 6 rings (SSSR count). The van der Waals surface area contributed by atoms with Gasteiger partial charge in [-0.1, -0.05) is 73.5 Å². The van der Waals surface area contributed by atoms with Gasteiger partial charge in [-0.25, -0.2) is 0 Å². The average Bonchev–Trinajstić information content (AvgIpc) is 3.38. The van der Waals surface area contributed by atoms with Gasteiger partial charge in [0.2, 0.25) is 0 Å². The maximum atomic E-state index is 13.5. The predicted octanol–water partition coefficient (Wildman–Crippen LogP) is 7.70. The highest BCUT2D eigenvalue weighted by Crippen LogP contribution is 2.76. The van der Waals surface area contributed by atoms with E-state index in [-0.39, 0.29) is 44.9 Å². The highest BCUT2D eigenvalue weighted by molar-refractivity contribution is 5.73. The van der Waals surface area contributed by atoms with Crippen molar-refractivity contribution in [3.05, 3.63) is 11.6 Å². The number of allylic oxidation sites excluding steroid dienone is 1. The fraction of sp³-hybridized carbons (Fsp3) is 0.917. The molecule has 4 unspecified atom stereocenters. The van der Waals surface area contributed by atoms with Crippen molar-refractivity contribution in [2.45, 2.75) is 131 Å². The van der Waals surface area contributed by atoms with E-state index in [1.54, 1.807) is 0 Å². The van der Waals surface area contributed by atoms with Crippen LogP contribution in [0.1, 0.15) is 120 Å². The Morgan fingerprint density at radius 2 is 1.68 bits per heavy atom. The molecule has 232 valence electrons. The van der Waals surface area contributed by atoms with Crippen molar-refractivity contribution in [1.82, 2.24) is 0 Å². The number of ether oxygens (including phenoxy) is 3.